The van der Waals surface area contributed by atoms with Gasteiger partial charge in [0.25, 0.3) is 5.91 Å². The van der Waals surface area contributed by atoms with Gasteiger partial charge in [-0.05, 0) is 18.9 Å². The lowest BCUT2D eigenvalue weighted by atomic mass is 10.1. The molecule has 1 aliphatic rings. The van der Waals surface area contributed by atoms with E-state index >= 15 is 0 Å². The molecule has 0 unspecified atom stereocenters. The molecule has 0 aromatic carbocycles. The third-order valence-corrected chi connectivity index (χ3v) is 3.64. The Morgan fingerprint density at radius 3 is 2.60 bits per heavy atom. The molecule has 5 heteroatoms. The molecule has 110 valence electrons. The first-order valence-electron chi connectivity index (χ1n) is 7.35. The van der Waals surface area contributed by atoms with E-state index in [1.807, 2.05) is 0 Å². The van der Waals surface area contributed by atoms with Gasteiger partial charge in [0.05, 0.1) is 11.8 Å². The zero-order valence-corrected chi connectivity index (χ0v) is 11.7. The quantitative estimate of drug-likeness (QED) is 0.811. The molecule has 0 bridgehead atoms. The van der Waals surface area contributed by atoms with Crippen LogP contribution in [0.3, 0.4) is 0 Å². The first-order chi connectivity index (χ1) is 9.75. The summed E-state index contributed by atoms with van der Waals surface area (Å²) in [7, 11) is 0. The zero-order valence-electron chi connectivity index (χ0n) is 11.7. The summed E-state index contributed by atoms with van der Waals surface area (Å²) >= 11 is 0. The van der Waals surface area contributed by atoms with Crippen molar-refractivity contribution >= 4 is 11.8 Å². The van der Waals surface area contributed by atoms with Crippen LogP contribution >= 0.6 is 0 Å². The highest BCUT2D eigenvalue weighted by Crippen LogP contribution is 2.17. The Morgan fingerprint density at radius 2 is 1.95 bits per heavy atom. The van der Waals surface area contributed by atoms with Crippen LogP contribution in [-0.2, 0) is 4.79 Å². The summed E-state index contributed by atoms with van der Waals surface area (Å²) in [6.07, 6.45) is 10.2. The molecule has 1 aliphatic carbocycles. The van der Waals surface area contributed by atoms with Crippen molar-refractivity contribution < 1.29 is 14.0 Å². The van der Waals surface area contributed by atoms with Crippen LogP contribution < -0.4 is 10.6 Å². The van der Waals surface area contributed by atoms with Crippen LogP contribution in [0.15, 0.2) is 23.0 Å². The molecule has 1 heterocycles. The van der Waals surface area contributed by atoms with Crippen molar-refractivity contribution in [1.29, 1.82) is 0 Å². The summed E-state index contributed by atoms with van der Waals surface area (Å²) in [4.78, 5) is 23.4. The Balaban J connectivity index is 1.63. The van der Waals surface area contributed by atoms with Gasteiger partial charge in [0.2, 0.25) is 5.91 Å². The number of hydrogen-bond acceptors (Lipinski definition) is 3. The van der Waals surface area contributed by atoms with Crippen molar-refractivity contribution in [3.63, 3.8) is 0 Å². The van der Waals surface area contributed by atoms with Gasteiger partial charge < -0.3 is 15.1 Å². The molecule has 0 atom stereocenters. The predicted molar refractivity (Wildman–Crippen MR) is 75.3 cm³/mol. The fourth-order valence-corrected chi connectivity index (χ4v) is 2.51. The van der Waals surface area contributed by atoms with Crippen LogP contribution in [0.25, 0.3) is 0 Å². The lowest BCUT2D eigenvalue weighted by Crippen LogP contribution is -2.36. The van der Waals surface area contributed by atoms with Crippen molar-refractivity contribution in [3.8, 4) is 0 Å². The van der Waals surface area contributed by atoms with Gasteiger partial charge in [-0.1, -0.05) is 25.7 Å². The van der Waals surface area contributed by atoms with E-state index in [2.05, 4.69) is 10.6 Å². The minimum atomic E-state index is -0.207. The second kappa shape index (κ2) is 7.72. The van der Waals surface area contributed by atoms with Gasteiger partial charge in [-0.25, -0.2) is 0 Å². The van der Waals surface area contributed by atoms with Crippen molar-refractivity contribution in [2.45, 2.75) is 51.0 Å². The predicted octanol–water partition coefficient (Wildman–Crippen LogP) is 2.24. The Labute approximate surface area is 119 Å². The Morgan fingerprint density at radius 1 is 1.20 bits per heavy atom. The van der Waals surface area contributed by atoms with Gasteiger partial charge in [0.1, 0.15) is 6.26 Å². The maximum Gasteiger partial charge on any atom is 0.254 e. The molecule has 1 fully saturated rings. The van der Waals surface area contributed by atoms with Crippen LogP contribution in [0.4, 0.5) is 0 Å². The second-order valence-electron chi connectivity index (χ2n) is 5.27. The number of carbonyl (C=O) groups excluding carboxylic acids is 2. The molecule has 5 nitrogen and oxygen atoms in total. The Kier molecular flexibility index (Phi) is 5.65. The van der Waals surface area contributed by atoms with Gasteiger partial charge >= 0.3 is 0 Å². The largest absolute Gasteiger partial charge is 0.472 e. The normalized spacial score (nSPS) is 16.4. The fourth-order valence-electron chi connectivity index (χ4n) is 2.51. The maximum atomic E-state index is 11.8. The lowest BCUT2D eigenvalue weighted by molar-refractivity contribution is -0.121. The first kappa shape index (κ1) is 14.6. The van der Waals surface area contributed by atoms with Gasteiger partial charge in [-0.15, -0.1) is 0 Å². The Hall–Kier alpha value is -1.78. The van der Waals surface area contributed by atoms with Crippen molar-refractivity contribution in [1.82, 2.24) is 10.6 Å². The van der Waals surface area contributed by atoms with E-state index in [1.54, 1.807) is 6.07 Å². The number of amides is 2. The maximum absolute atomic E-state index is 11.8. The molecule has 0 spiro atoms. The van der Waals surface area contributed by atoms with E-state index in [-0.39, 0.29) is 11.8 Å². The zero-order chi connectivity index (χ0) is 14.2. The smallest absolute Gasteiger partial charge is 0.254 e. The van der Waals surface area contributed by atoms with Gasteiger partial charge in [0.15, 0.2) is 0 Å². The van der Waals surface area contributed by atoms with Crippen molar-refractivity contribution in [2.75, 3.05) is 6.54 Å². The monoisotopic (exact) mass is 278 g/mol. The summed E-state index contributed by atoms with van der Waals surface area (Å²) in [5.74, 6) is -0.189. The summed E-state index contributed by atoms with van der Waals surface area (Å²) in [5.41, 5.74) is 0.481. The number of carbonyl (C=O) groups is 2. The molecule has 1 aromatic rings. The molecule has 0 saturated heterocycles. The molecule has 20 heavy (non-hydrogen) atoms. The van der Waals surface area contributed by atoms with Crippen LogP contribution in [0.2, 0.25) is 0 Å². The fraction of sp³-hybridized carbons (Fsp3) is 0.600. The molecular weight excluding hydrogens is 256 g/mol. The molecule has 1 saturated carbocycles. The minimum absolute atomic E-state index is 0.0180. The van der Waals surface area contributed by atoms with E-state index in [4.69, 9.17) is 4.42 Å². The third-order valence-electron chi connectivity index (χ3n) is 3.64. The SMILES string of the molecule is O=C(CCNC(=O)c1ccoc1)NC1CCCCCC1. The third kappa shape index (κ3) is 4.72. The molecular formula is C15H22N2O3. The van der Waals surface area contributed by atoms with Gasteiger partial charge in [-0.3, -0.25) is 9.59 Å². The first-order valence-corrected chi connectivity index (χ1v) is 7.35. The molecule has 2 rings (SSSR count). The average Bonchev–Trinajstić information content (AvgIpc) is 2.85. The standard InChI is InChI=1S/C15H22N2O3/c18-14(17-13-5-3-1-2-4-6-13)7-9-16-15(19)12-8-10-20-11-12/h8,10-11,13H,1-7,9H2,(H,16,19)(H,17,18). The highest BCUT2D eigenvalue weighted by atomic mass is 16.3. The second-order valence-corrected chi connectivity index (χ2v) is 5.27. The number of rotatable bonds is 5. The molecule has 1 aromatic heterocycles. The van der Waals surface area contributed by atoms with Crippen LogP contribution in [0, 0.1) is 0 Å². The van der Waals surface area contributed by atoms with Crippen LogP contribution in [0.5, 0.6) is 0 Å². The van der Waals surface area contributed by atoms with E-state index in [0.29, 0.717) is 24.6 Å². The highest BCUT2D eigenvalue weighted by molar-refractivity contribution is 5.94. The summed E-state index contributed by atoms with van der Waals surface area (Å²) < 4.78 is 4.84. The number of hydrogen-bond donors (Lipinski definition) is 2. The van der Waals surface area contributed by atoms with Crippen LogP contribution in [-0.4, -0.2) is 24.4 Å². The van der Waals surface area contributed by atoms with E-state index in [1.165, 1.54) is 38.2 Å². The molecule has 0 radical (unpaired) electrons. The molecule has 0 aliphatic heterocycles. The van der Waals surface area contributed by atoms with E-state index in [9.17, 15) is 9.59 Å². The van der Waals surface area contributed by atoms with Crippen molar-refractivity contribution in [3.05, 3.63) is 24.2 Å². The summed E-state index contributed by atoms with van der Waals surface area (Å²) in [6.45, 7) is 0.350. The van der Waals surface area contributed by atoms with Crippen LogP contribution in [0.1, 0.15) is 55.3 Å². The van der Waals surface area contributed by atoms with Crippen molar-refractivity contribution in [2.24, 2.45) is 0 Å². The minimum Gasteiger partial charge on any atom is -0.472 e. The molecule has 2 amide bonds. The van der Waals surface area contributed by atoms with E-state index < -0.39 is 0 Å². The topological polar surface area (TPSA) is 71.3 Å². The number of furan rings is 1. The molecule has 2 N–H and O–H groups in total. The summed E-state index contributed by atoms with van der Waals surface area (Å²) in [5, 5.41) is 5.76. The average molecular weight is 278 g/mol. The lowest BCUT2D eigenvalue weighted by Gasteiger charge is -2.16. The highest BCUT2D eigenvalue weighted by Gasteiger charge is 2.14. The van der Waals surface area contributed by atoms with Gasteiger partial charge in [0, 0.05) is 19.0 Å². The van der Waals surface area contributed by atoms with Gasteiger partial charge in [-0.2, -0.15) is 0 Å². The number of nitrogens with one attached hydrogen (secondary N) is 2. The summed E-state index contributed by atoms with van der Waals surface area (Å²) in [6, 6.07) is 1.91. The van der Waals surface area contributed by atoms with E-state index in [0.717, 1.165) is 12.8 Å². The Bertz CT molecular complexity index is 420.